The first kappa shape index (κ1) is 11.5. The van der Waals surface area contributed by atoms with Crippen LogP contribution in [0.1, 0.15) is 15.9 Å². The Kier molecular flexibility index (Phi) is 2.77. The lowest BCUT2D eigenvalue weighted by Crippen LogP contribution is -2.36. The van der Waals surface area contributed by atoms with Gasteiger partial charge in [0, 0.05) is 11.8 Å². The lowest BCUT2D eigenvalue weighted by atomic mass is 10.1. The van der Waals surface area contributed by atoms with E-state index in [1.807, 2.05) is 0 Å². The van der Waals surface area contributed by atoms with Crippen molar-refractivity contribution in [2.45, 2.75) is 5.12 Å². The number of carboxylic acid groups (broad SMARTS) is 1. The smallest absolute Gasteiger partial charge is 0.335 e. The normalized spacial score (nSPS) is 22.8. The summed E-state index contributed by atoms with van der Waals surface area (Å²) in [6.45, 7) is 0. The van der Waals surface area contributed by atoms with Gasteiger partial charge in [-0.15, -0.1) is 0 Å². The third kappa shape index (κ3) is 2.24. The fourth-order valence-electron chi connectivity index (χ4n) is 1.47. The standard InChI is InChI=1S/C11H10ClN3O2/c12-11(14-6-5-9(13)15-11)8-3-1-7(2-4-8)10(16)17/h1-6,14H,(H2,13,15)(H,16,17). The molecule has 0 radical (unpaired) electrons. The summed E-state index contributed by atoms with van der Waals surface area (Å²) < 4.78 is 0. The first-order valence-electron chi connectivity index (χ1n) is 4.83. The average Bonchev–Trinajstić information content (AvgIpc) is 2.29. The van der Waals surface area contributed by atoms with E-state index in [-0.39, 0.29) is 5.56 Å². The third-order valence-electron chi connectivity index (χ3n) is 2.33. The molecule has 1 aromatic rings. The first-order valence-corrected chi connectivity index (χ1v) is 5.21. The number of amidine groups is 1. The molecule has 1 aliphatic heterocycles. The summed E-state index contributed by atoms with van der Waals surface area (Å²) in [5.74, 6) is -0.680. The number of alkyl halides is 1. The van der Waals surface area contributed by atoms with Crippen molar-refractivity contribution in [3.63, 3.8) is 0 Å². The van der Waals surface area contributed by atoms with E-state index in [1.165, 1.54) is 12.1 Å². The Morgan fingerprint density at radius 3 is 2.59 bits per heavy atom. The molecular formula is C11H10ClN3O2. The number of nitrogens with two attached hydrogens (primary N) is 1. The molecule has 1 heterocycles. The lowest BCUT2D eigenvalue weighted by molar-refractivity contribution is 0.0697. The number of aliphatic imine (C=N–C) groups is 1. The van der Waals surface area contributed by atoms with E-state index in [2.05, 4.69) is 10.3 Å². The number of hydrogen-bond donors (Lipinski definition) is 3. The Balaban J connectivity index is 2.34. The minimum absolute atomic E-state index is 0.192. The molecule has 17 heavy (non-hydrogen) atoms. The van der Waals surface area contributed by atoms with Gasteiger partial charge < -0.3 is 16.2 Å². The van der Waals surface area contributed by atoms with Crippen molar-refractivity contribution in [3.8, 4) is 0 Å². The van der Waals surface area contributed by atoms with Crippen LogP contribution < -0.4 is 11.1 Å². The van der Waals surface area contributed by atoms with Crippen molar-refractivity contribution < 1.29 is 9.90 Å². The van der Waals surface area contributed by atoms with Gasteiger partial charge in [-0.1, -0.05) is 23.7 Å². The van der Waals surface area contributed by atoms with Crippen LogP contribution in [0.4, 0.5) is 0 Å². The highest BCUT2D eigenvalue weighted by molar-refractivity contribution is 6.24. The maximum Gasteiger partial charge on any atom is 0.335 e. The van der Waals surface area contributed by atoms with Crippen molar-refractivity contribution >= 4 is 23.4 Å². The van der Waals surface area contributed by atoms with Crippen molar-refractivity contribution in [1.29, 1.82) is 0 Å². The number of nitrogens with zero attached hydrogens (tertiary/aromatic N) is 1. The average molecular weight is 252 g/mol. The van der Waals surface area contributed by atoms with Gasteiger partial charge in [-0.2, -0.15) is 0 Å². The molecule has 1 unspecified atom stereocenters. The highest BCUT2D eigenvalue weighted by Gasteiger charge is 2.29. The van der Waals surface area contributed by atoms with E-state index >= 15 is 0 Å². The van der Waals surface area contributed by atoms with Crippen LogP contribution in [0.15, 0.2) is 41.5 Å². The fourth-order valence-corrected chi connectivity index (χ4v) is 1.75. The number of aromatic carboxylic acids is 1. The van der Waals surface area contributed by atoms with Gasteiger partial charge in [0.1, 0.15) is 5.84 Å². The van der Waals surface area contributed by atoms with E-state index in [0.29, 0.717) is 11.4 Å². The predicted molar refractivity (Wildman–Crippen MR) is 64.8 cm³/mol. The van der Waals surface area contributed by atoms with Gasteiger partial charge in [-0.05, 0) is 18.2 Å². The Morgan fingerprint density at radius 1 is 1.41 bits per heavy atom. The molecule has 0 bridgehead atoms. The minimum Gasteiger partial charge on any atom is -0.478 e. The summed E-state index contributed by atoms with van der Waals surface area (Å²) in [6.07, 6.45) is 3.19. The second-order valence-corrected chi connectivity index (χ2v) is 4.07. The van der Waals surface area contributed by atoms with Crippen LogP contribution in [0.2, 0.25) is 0 Å². The zero-order valence-electron chi connectivity index (χ0n) is 8.72. The Bertz CT molecular complexity index is 510. The zero-order valence-corrected chi connectivity index (χ0v) is 9.48. The number of carboxylic acids is 1. The van der Waals surface area contributed by atoms with Gasteiger partial charge in [0.2, 0.25) is 5.12 Å². The maximum absolute atomic E-state index is 10.7. The second-order valence-electron chi connectivity index (χ2n) is 3.52. The van der Waals surface area contributed by atoms with Crippen molar-refractivity contribution in [3.05, 3.63) is 47.7 Å². The number of benzene rings is 1. The largest absolute Gasteiger partial charge is 0.478 e. The van der Waals surface area contributed by atoms with E-state index in [4.69, 9.17) is 22.4 Å². The fraction of sp³-hybridized carbons (Fsp3) is 0.0909. The van der Waals surface area contributed by atoms with Crippen LogP contribution in [-0.4, -0.2) is 16.9 Å². The monoisotopic (exact) mass is 251 g/mol. The molecule has 4 N–H and O–H groups in total. The topological polar surface area (TPSA) is 87.7 Å². The van der Waals surface area contributed by atoms with Crippen LogP contribution in [0.25, 0.3) is 0 Å². The lowest BCUT2D eigenvalue weighted by Gasteiger charge is -2.26. The van der Waals surface area contributed by atoms with E-state index in [9.17, 15) is 4.79 Å². The highest BCUT2D eigenvalue weighted by atomic mass is 35.5. The molecule has 2 rings (SSSR count). The zero-order chi connectivity index (χ0) is 12.5. The second kappa shape index (κ2) is 4.10. The molecule has 0 saturated carbocycles. The van der Waals surface area contributed by atoms with Gasteiger partial charge in [-0.3, -0.25) is 0 Å². The Morgan fingerprint density at radius 2 is 2.06 bits per heavy atom. The number of rotatable bonds is 2. The third-order valence-corrected chi connectivity index (χ3v) is 2.74. The molecule has 1 aliphatic rings. The first-order chi connectivity index (χ1) is 8.01. The van der Waals surface area contributed by atoms with Gasteiger partial charge >= 0.3 is 5.97 Å². The van der Waals surface area contributed by atoms with Gasteiger partial charge in [-0.25, -0.2) is 9.79 Å². The quantitative estimate of drug-likeness (QED) is 0.545. The molecule has 0 spiro atoms. The van der Waals surface area contributed by atoms with Crippen LogP contribution in [0, 0.1) is 0 Å². The molecule has 1 atom stereocenters. The maximum atomic E-state index is 10.7. The molecule has 0 aliphatic carbocycles. The molecule has 0 saturated heterocycles. The molecule has 0 aromatic heterocycles. The van der Waals surface area contributed by atoms with Crippen LogP contribution >= 0.6 is 11.6 Å². The minimum atomic E-state index is -1.17. The van der Waals surface area contributed by atoms with Gasteiger partial charge in [0.05, 0.1) is 5.56 Å². The van der Waals surface area contributed by atoms with E-state index < -0.39 is 11.1 Å². The van der Waals surface area contributed by atoms with Crippen LogP contribution in [0.5, 0.6) is 0 Å². The summed E-state index contributed by atoms with van der Waals surface area (Å²) in [6, 6.07) is 6.12. The molecule has 1 aromatic carbocycles. The van der Waals surface area contributed by atoms with E-state index in [1.54, 1.807) is 24.4 Å². The highest BCUT2D eigenvalue weighted by Crippen LogP contribution is 2.29. The van der Waals surface area contributed by atoms with Crippen molar-refractivity contribution in [2.75, 3.05) is 0 Å². The van der Waals surface area contributed by atoms with Crippen molar-refractivity contribution in [2.24, 2.45) is 10.7 Å². The Hall–Kier alpha value is -2.01. The Labute approximate surface area is 103 Å². The summed E-state index contributed by atoms with van der Waals surface area (Å²) in [5, 5.41) is 10.5. The van der Waals surface area contributed by atoms with Crippen LogP contribution in [-0.2, 0) is 5.12 Å². The predicted octanol–water partition coefficient (Wildman–Crippen LogP) is 1.21. The van der Waals surface area contributed by atoms with Crippen molar-refractivity contribution in [1.82, 2.24) is 5.32 Å². The van der Waals surface area contributed by atoms with Crippen LogP contribution in [0.3, 0.4) is 0 Å². The molecular weight excluding hydrogens is 242 g/mol. The number of hydrogen-bond acceptors (Lipinski definition) is 4. The number of halogens is 1. The van der Waals surface area contributed by atoms with E-state index in [0.717, 1.165) is 0 Å². The summed E-state index contributed by atoms with van der Waals surface area (Å²) in [4.78, 5) is 14.8. The SMILES string of the molecule is NC1=NC(Cl)(c2ccc(C(=O)O)cc2)NC=C1. The van der Waals surface area contributed by atoms with Gasteiger partial charge in [0.15, 0.2) is 0 Å². The van der Waals surface area contributed by atoms with Gasteiger partial charge in [0.25, 0.3) is 0 Å². The summed E-state index contributed by atoms with van der Waals surface area (Å²) in [5.41, 5.74) is 6.38. The molecule has 0 amide bonds. The summed E-state index contributed by atoms with van der Waals surface area (Å²) >= 11 is 6.25. The molecule has 5 nitrogen and oxygen atoms in total. The number of carbonyl (C=O) groups is 1. The number of nitrogens with one attached hydrogen (secondary N) is 1. The molecule has 6 heteroatoms. The summed E-state index contributed by atoms with van der Waals surface area (Å²) in [7, 11) is 0. The molecule has 88 valence electrons. The molecule has 0 fully saturated rings.